The molecule has 0 aliphatic carbocycles. The Morgan fingerprint density at radius 2 is 1.91 bits per heavy atom. The van der Waals surface area contributed by atoms with Crippen molar-refractivity contribution in [1.82, 2.24) is 5.32 Å². The number of aryl methyl sites for hydroxylation is 1. The Morgan fingerprint density at radius 1 is 1.09 bits per heavy atom. The molecule has 0 saturated carbocycles. The maximum Gasteiger partial charge on any atom is 0.0227 e. The van der Waals surface area contributed by atoms with Gasteiger partial charge in [-0.05, 0) is 24.0 Å². The maximum absolute atomic E-state index is 3.28. The summed E-state index contributed by atoms with van der Waals surface area (Å²) in [6.45, 7) is 3.15. The molecule has 0 unspecified atom stereocenters. The van der Waals surface area contributed by atoms with E-state index in [0.29, 0.717) is 0 Å². The number of nitrogens with one attached hydrogen (secondary N) is 1. The zero-order chi connectivity index (χ0) is 7.52. The molecule has 1 radical (unpaired) electrons. The minimum atomic E-state index is 0.996. The highest BCUT2D eigenvalue weighted by Gasteiger charge is 2.04. The molecule has 2 rings (SSSR count). The summed E-state index contributed by atoms with van der Waals surface area (Å²) >= 11 is 0. The van der Waals surface area contributed by atoms with Crippen molar-refractivity contribution in [3.8, 4) is 0 Å². The van der Waals surface area contributed by atoms with Gasteiger partial charge in [-0.2, -0.15) is 0 Å². The lowest BCUT2D eigenvalue weighted by molar-refractivity contribution is 0.776. The van der Waals surface area contributed by atoms with Crippen LogP contribution in [0.1, 0.15) is 17.5 Å². The number of benzene rings is 1. The Hall–Kier alpha value is -0.820. The van der Waals surface area contributed by atoms with Crippen LogP contribution in [0.25, 0.3) is 0 Å². The molecular weight excluding hydrogens is 134 g/mol. The Kier molecular flexibility index (Phi) is 1.91. The number of hydrogen-bond acceptors (Lipinski definition) is 1. The average molecular weight is 146 g/mol. The second kappa shape index (κ2) is 3.05. The molecule has 1 nitrogen and oxygen atoms in total. The summed E-state index contributed by atoms with van der Waals surface area (Å²) < 4.78 is 0. The summed E-state index contributed by atoms with van der Waals surface area (Å²) in [5, 5.41) is 3.28. The van der Waals surface area contributed by atoms with E-state index in [2.05, 4.69) is 36.1 Å². The predicted molar refractivity (Wildman–Crippen MR) is 45.9 cm³/mol. The van der Waals surface area contributed by atoms with E-state index in [0.717, 1.165) is 13.0 Å². The van der Waals surface area contributed by atoms with E-state index in [-0.39, 0.29) is 0 Å². The summed E-state index contributed by atoms with van der Waals surface area (Å²) in [6.07, 6.45) is 2.33. The van der Waals surface area contributed by atoms with Crippen molar-refractivity contribution in [1.29, 1.82) is 0 Å². The fourth-order valence-corrected chi connectivity index (χ4v) is 1.49. The first kappa shape index (κ1) is 6.86. The molecule has 1 heterocycles. The number of hydrogen-bond donors (Lipinski definition) is 1. The third kappa shape index (κ3) is 1.43. The normalized spacial score (nSPS) is 17.1. The van der Waals surface area contributed by atoms with Crippen LogP contribution >= 0.6 is 0 Å². The van der Waals surface area contributed by atoms with Gasteiger partial charge in [0.15, 0.2) is 0 Å². The summed E-state index contributed by atoms with van der Waals surface area (Å²) in [7, 11) is 0. The van der Waals surface area contributed by atoms with Crippen LogP contribution in [0.5, 0.6) is 0 Å². The van der Waals surface area contributed by atoms with Gasteiger partial charge in [0, 0.05) is 13.1 Å². The molecular formula is C10H12N. The van der Waals surface area contributed by atoms with Crippen LogP contribution in [0.4, 0.5) is 0 Å². The van der Waals surface area contributed by atoms with Gasteiger partial charge in [0.2, 0.25) is 0 Å². The number of rotatable bonds is 0. The first-order valence-electron chi connectivity index (χ1n) is 4.08. The molecule has 57 valence electrons. The molecule has 1 heteroatoms. The summed E-state index contributed by atoms with van der Waals surface area (Å²) in [6, 6.07) is 8.63. The standard InChI is InChI=1S/C10H12N/c1-2-5-10-8-11-7-3-6-9(10)4-1/h1-2,4-5,7,11H,3,6,8H2. The second-order valence-corrected chi connectivity index (χ2v) is 2.89. The third-order valence-electron chi connectivity index (χ3n) is 2.11. The molecule has 0 saturated heterocycles. The molecule has 1 aliphatic heterocycles. The van der Waals surface area contributed by atoms with Crippen molar-refractivity contribution < 1.29 is 0 Å². The van der Waals surface area contributed by atoms with Gasteiger partial charge in [-0.1, -0.05) is 24.3 Å². The van der Waals surface area contributed by atoms with Crippen LogP contribution in [0.15, 0.2) is 24.3 Å². The summed E-state index contributed by atoms with van der Waals surface area (Å²) in [5.74, 6) is 0. The van der Waals surface area contributed by atoms with Crippen molar-refractivity contribution in [3.05, 3.63) is 41.9 Å². The molecule has 1 N–H and O–H groups in total. The van der Waals surface area contributed by atoms with Crippen molar-refractivity contribution in [3.63, 3.8) is 0 Å². The van der Waals surface area contributed by atoms with Crippen LogP contribution in [0, 0.1) is 6.54 Å². The van der Waals surface area contributed by atoms with Gasteiger partial charge in [0.05, 0.1) is 0 Å². The van der Waals surface area contributed by atoms with Crippen LogP contribution in [-0.4, -0.2) is 0 Å². The lowest BCUT2D eigenvalue weighted by Crippen LogP contribution is -2.06. The van der Waals surface area contributed by atoms with Gasteiger partial charge < -0.3 is 5.32 Å². The topological polar surface area (TPSA) is 12.0 Å². The second-order valence-electron chi connectivity index (χ2n) is 2.89. The fourth-order valence-electron chi connectivity index (χ4n) is 1.49. The maximum atomic E-state index is 3.28. The lowest BCUT2D eigenvalue weighted by Gasteiger charge is -2.02. The Morgan fingerprint density at radius 3 is 2.82 bits per heavy atom. The molecule has 0 atom stereocenters. The molecule has 0 bridgehead atoms. The van der Waals surface area contributed by atoms with E-state index in [1.165, 1.54) is 17.5 Å². The van der Waals surface area contributed by atoms with E-state index in [9.17, 15) is 0 Å². The van der Waals surface area contributed by atoms with Crippen LogP contribution in [0.3, 0.4) is 0 Å². The zero-order valence-corrected chi connectivity index (χ0v) is 6.51. The van der Waals surface area contributed by atoms with Gasteiger partial charge in [0.1, 0.15) is 0 Å². The molecule has 1 aromatic rings. The quantitative estimate of drug-likeness (QED) is 0.589. The third-order valence-corrected chi connectivity index (χ3v) is 2.11. The minimum absolute atomic E-state index is 0.996. The average Bonchev–Trinajstić information content (AvgIpc) is 2.28. The van der Waals surface area contributed by atoms with Crippen LogP contribution < -0.4 is 5.32 Å². The van der Waals surface area contributed by atoms with Crippen LogP contribution in [0.2, 0.25) is 0 Å². The Labute approximate surface area is 67.4 Å². The predicted octanol–water partition coefficient (Wildman–Crippen LogP) is 1.88. The Bertz CT molecular complexity index is 217. The fraction of sp³-hybridized carbons (Fsp3) is 0.300. The lowest BCUT2D eigenvalue weighted by atomic mass is 10.0. The molecule has 11 heavy (non-hydrogen) atoms. The molecule has 0 amide bonds. The van der Waals surface area contributed by atoms with E-state index in [4.69, 9.17) is 0 Å². The first-order valence-corrected chi connectivity index (χ1v) is 4.08. The van der Waals surface area contributed by atoms with Crippen molar-refractivity contribution >= 4 is 0 Å². The SMILES string of the molecule is [CH]1CCc2ccccc2CN1. The van der Waals surface area contributed by atoms with Crippen molar-refractivity contribution in [2.45, 2.75) is 19.4 Å². The largest absolute Gasteiger partial charge is 0.308 e. The monoisotopic (exact) mass is 146 g/mol. The highest BCUT2D eigenvalue weighted by atomic mass is 14.8. The van der Waals surface area contributed by atoms with E-state index < -0.39 is 0 Å². The van der Waals surface area contributed by atoms with Crippen molar-refractivity contribution in [2.75, 3.05) is 0 Å². The zero-order valence-electron chi connectivity index (χ0n) is 6.51. The molecule has 0 spiro atoms. The van der Waals surface area contributed by atoms with Gasteiger partial charge in [-0.3, -0.25) is 0 Å². The first-order chi connectivity index (χ1) is 5.47. The molecule has 0 fully saturated rings. The van der Waals surface area contributed by atoms with Gasteiger partial charge in [-0.25, -0.2) is 0 Å². The van der Waals surface area contributed by atoms with Crippen LogP contribution in [-0.2, 0) is 13.0 Å². The molecule has 0 aromatic heterocycles. The van der Waals surface area contributed by atoms with E-state index >= 15 is 0 Å². The summed E-state index contributed by atoms with van der Waals surface area (Å²) in [4.78, 5) is 0. The molecule has 1 aromatic carbocycles. The highest BCUT2D eigenvalue weighted by molar-refractivity contribution is 5.28. The van der Waals surface area contributed by atoms with Gasteiger partial charge in [-0.15, -0.1) is 0 Å². The smallest absolute Gasteiger partial charge is 0.0227 e. The Balaban J connectivity index is 2.33. The van der Waals surface area contributed by atoms with E-state index in [1.54, 1.807) is 0 Å². The van der Waals surface area contributed by atoms with Gasteiger partial charge >= 0.3 is 0 Å². The summed E-state index contributed by atoms with van der Waals surface area (Å²) in [5.41, 5.74) is 2.94. The number of fused-ring (bicyclic) bond motifs is 1. The van der Waals surface area contributed by atoms with E-state index in [1.807, 2.05) is 0 Å². The van der Waals surface area contributed by atoms with Crippen molar-refractivity contribution in [2.24, 2.45) is 0 Å². The highest BCUT2D eigenvalue weighted by Crippen LogP contribution is 2.14. The molecule has 1 aliphatic rings. The van der Waals surface area contributed by atoms with Gasteiger partial charge in [0.25, 0.3) is 0 Å². The minimum Gasteiger partial charge on any atom is -0.308 e.